The Morgan fingerprint density at radius 3 is 2.38 bits per heavy atom. The van der Waals surface area contributed by atoms with Crippen LogP contribution in [0.5, 0.6) is 5.75 Å². The van der Waals surface area contributed by atoms with Crippen LogP contribution >= 0.6 is 0 Å². The van der Waals surface area contributed by atoms with Crippen LogP contribution in [-0.4, -0.2) is 29.9 Å². The number of hydrogen-bond acceptors (Lipinski definition) is 4. The van der Waals surface area contributed by atoms with Gasteiger partial charge < -0.3 is 19.9 Å². The average Bonchev–Trinajstić information content (AvgIpc) is 2.32. The van der Waals surface area contributed by atoms with E-state index in [0.717, 1.165) is 12.1 Å². The Hall–Kier alpha value is -2.31. The van der Waals surface area contributed by atoms with Gasteiger partial charge in [0.1, 0.15) is 17.2 Å². The first kappa shape index (κ1) is 16.7. The van der Waals surface area contributed by atoms with Gasteiger partial charge in [-0.15, -0.1) is 0 Å². The maximum Gasteiger partial charge on any atom is 0.408 e. The van der Waals surface area contributed by atoms with Gasteiger partial charge in [0.25, 0.3) is 0 Å². The molecule has 1 rings (SSSR count). The Labute approximate surface area is 121 Å². The number of carboxylic acid groups (broad SMARTS) is 1. The highest BCUT2D eigenvalue weighted by Gasteiger charge is 2.26. The molecule has 0 radical (unpaired) electrons. The summed E-state index contributed by atoms with van der Waals surface area (Å²) in [5, 5.41) is 11.4. The number of hydrogen-bond donors (Lipinski definition) is 2. The van der Waals surface area contributed by atoms with Gasteiger partial charge in [-0.05, 0) is 38.5 Å². The number of carboxylic acids is 1. The molecule has 0 aliphatic heterocycles. The molecule has 0 aliphatic carbocycles. The highest BCUT2D eigenvalue weighted by atomic mass is 19.1. The van der Waals surface area contributed by atoms with E-state index >= 15 is 0 Å². The molecule has 1 aromatic carbocycles. The van der Waals surface area contributed by atoms with Gasteiger partial charge >= 0.3 is 12.1 Å². The van der Waals surface area contributed by atoms with Gasteiger partial charge in [0, 0.05) is 6.07 Å². The van der Waals surface area contributed by atoms with Crippen molar-refractivity contribution < 1.29 is 28.6 Å². The third-order valence-corrected chi connectivity index (χ3v) is 2.37. The van der Waals surface area contributed by atoms with E-state index in [0.29, 0.717) is 0 Å². The van der Waals surface area contributed by atoms with Crippen LogP contribution in [0.1, 0.15) is 32.4 Å². The second-order valence-electron chi connectivity index (χ2n) is 5.34. The molecular formula is C14H18FNO5. The molecule has 1 aromatic rings. The summed E-state index contributed by atoms with van der Waals surface area (Å²) in [7, 11) is 1.33. The summed E-state index contributed by atoms with van der Waals surface area (Å²) < 4.78 is 23.3. The normalized spacial score (nSPS) is 12.4. The van der Waals surface area contributed by atoms with Crippen molar-refractivity contribution in [2.75, 3.05) is 7.11 Å². The molecule has 7 heteroatoms. The van der Waals surface area contributed by atoms with Crippen molar-refractivity contribution in [2.24, 2.45) is 0 Å². The zero-order chi connectivity index (χ0) is 16.2. The summed E-state index contributed by atoms with van der Waals surface area (Å²) in [6.45, 7) is 4.94. The minimum atomic E-state index is -1.44. The number of methoxy groups -OCH3 is 1. The van der Waals surface area contributed by atoms with Gasteiger partial charge in [0.15, 0.2) is 6.04 Å². The Morgan fingerprint density at radius 2 is 1.90 bits per heavy atom. The fourth-order valence-electron chi connectivity index (χ4n) is 1.58. The molecule has 0 saturated heterocycles. The summed E-state index contributed by atoms with van der Waals surface area (Å²) in [6, 6.07) is 2.01. The molecule has 2 N–H and O–H groups in total. The van der Waals surface area contributed by atoms with Crippen molar-refractivity contribution in [1.82, 2.24) is 5.32 Å². The predicted molar refractivity (Wildman–Crippen MR) is 72.7 cm³/mol. The van der Waals surface area contributed by atoms with Crippen molar-refractivity contribution in [2.45, 2.75) is 32.4 Å². The fraction of sp³-hybridized carbons (Fsp3) is 0.429. The average molecular weight is 299 g/mol. The molecule has 6 nitrogen and oxygen atoms in total. The third kappa shape index (κ3) is 5.29. The van der Waals surface area contributed by atoms with Crippen LogP contribution in [0.2, 0.25) is 0 Å². The molecule has 116 valence electrons. The van der Waals surface area contributed by atoms with E-state index in [2.05, 4.69) is 5.32 Å². The Balaban J connectivity index is 3.00. The Morgan fingerprint density at radius 1 is 1.29 bits per heavy atom. The quantitative estimate of drug-likeness (QED) is 0.892. The number of benzene rings is 1. The van der Waals surface area contributed by atoms with E-state index in [-0.39, 0.29) is 11.3 Å². The first-order valence-electron chi connectivity index (χ1n) is 6.19. The number of amides is 1. The number of ether oxygens (including phenoxy) is 2. The maximum absolute atomic E-state index is 13.4. The van der Waals surface area contributed by atoms with E-state index in [1.54, 1.807) is 20.8 Å². The second kappa shape index (κ2) is 6.43. The molecule has 0 heterocycles. The SMILES string of the molecule is COc1cc(F)cc([C@@H](NC(=O)OC(C)(C)C)C(=O)O)c1. The number of nitrogens with one attached hydrogen (secondary N) is 1. The number of alkyl carbamates (subject to hydrolysis) is 1. The molecule has 0 spiro atoms. The molecule has 0 bridgehead atoms. The standard InChI is InChI=1S/C14H18FNO5/c1-14(2,3)21-13(19)16-11(12(17)18)8-5-9(15)7-10(6-8)20-4/h5-7,11H,1-4H3,(H,16,19)(H,17,18)/t11-/m1/s1. The zero-order valence-electron chi connectivity index (χ0n) is 12.3. The molecule has 0 unspecified atom stereocenters. The molecule has 0 aromatic heterocycles. The summed E-state index contributed by atoms with van der Waals surface area (Å²) in [5.74, 6) is -1.85. The van der Waals surface area contributed by atoms with Crippen LogP contribution < -0.4 is 10.1 Å². The summed E-state index contributed by atoms with van der Waals surface area (Å²) in [5.41, 5.74) is -0.725. The molecule has 21 heavy (non-hydrogen) atoms. The van der Waals surface area contributed by atoms with Gasteiger partial charge in [-0.1, -0.05) is 0 Å². The van der Waals surface area contributed by atoms with Crippen molar-refractivity contribution in [3.05, 3.63) is 29.6 Å². The van der Waals surface area contributed by atoms with Crippen molar-refractivity contribution in [1.29, 1.82) is 0 Å². The lowest BCUT2D eigenvalue weighted by atomic mass is 10.1. The number of aliphatic carboxylic acids is 1. The topological polar surface area (TPSA) is 84.9 Å². The van der Waals surface area contributed by atoms with Crippen molar-refractivity contribution in [3.8, 4) is 5.75 Å². The van der Waals surface area contributed by atoms with Crippen LogP contribution in [0.3, 0.4) is 0 Å². The van der Waals surface area contributed by atoms with Crippen molar-refractivity contribution in [3.63, 3.8) is 0 Å². The van der Waals surface area contributed by atoms with E-state index in [1.165, 1.54) is 13.2 Å². The Bertz CT molecular complexity index is 539. The van der Waals surface area contributed by atoms with Crippen LogP contribution in [-0.2, 0) is 9.53 Å². The van der Waals surface area contributed by atoms with E-state index < -0.39 is 29.5 Å². The molecule has 0 aliphatic rings. The lowest BCUT2D eigenvalue weighted by Crippen LogP contribution is -2.38. The largest absolute Gasteiger partial charge is 0.497 e. The molecule has 1 atom stereocenters. The highest BCUT2D eigenvalue weighted by molar-refractivity contribution is 5.81. The van der Waals surface area contributed by atoms with Crippen LogP contribution in [0.25, 0.3) is 0 Å². The first-order chi connectivity index (χ1) is 9.62. The van der Waals surface area contributed by atoms with Gasteiger partial charge in [-0.3, -0.25) is 0 Å². The molecule has 0 saturated carbocycles. The number of carbonyl (C=O) groups is 2. The van der Waals surface area contributed by atoms with Gasteiger partial charge in [0.2, 0.25) is 0 Å². The summed E-state index contributed by atoms with van der Waals surface area (Å²) in [4.78, 5) is 22.9. The van der Waals surface area contributed by atoms with Gasteiger partial charge in [-0.2, -0.15) is 0 Å². The maximum atomic E-state index is 13.4. The zero-order valence-corrected chi connectivity index (χ0v) is 12.3. The summed E-state index contributed by atoms with van der Waals surface area (Å²) in [6.07, 6.45) is -0.905. The first-order valence-corrected chi connectivity index (χ1v) is 6.19. The Kier molecular flexibility index (Phi) is 5.12. The number of halogens is 1. The van der Waals surface area contributed by atoms with Crippen molar-refractivity contribution >= 4 is 12.1 Å². The highest BCUT2D eigenvalue weighted by Crippen LogP contribution is 2.22. The summed E-state index contributed by atoms with van der Waals surface area (Å²) >= 11 is 0. The molecule has 0 fully saturated rings. The lowest BCUT2D eigenvalue weighted by molar-refractivity contribution is -0.139. The van der Waals surface area contributed by atoms with E-state index in [1.807, 2.05) is 0 Å². The van der Waals surface area contributed by atoms with Crippen LogP contribution in [0.4, 0.5) is 9.18 Å². The third-order valence-electron chi connectivity index (χ3n) is 2.37. The predicted octanol–water partition coefficient (Wildman–Crippen LogP) is 2.48. The number of rotatable bonds is 4. The van der Waals surface area contributed by atoms with E-state index in [9.17, 15) is 19.1 Å². The lowest BCUT2D eigenvalue weighted by Gasteiger charge is -2.22. The van der Waals surface area contributed by atoms with Gasteiger partial charge in [-0.25, -0.2) is 14.0 Å². The minimum Gasteiger partial charge on any atom is -0.497 e. The minimum absolute atomic E-state index is 0.0465. The fourth-order valence-corrected chi connectivity index (χ4v) is 1.58. The molecular weight excluding hydrogens is 281 g/mol. The van der Waals surface area contributed by atoms with Gasteiger partial charge in [0.05, 0.1) is 7.11 Å². The monoisotopic (exact) mass is 299 g/mol. The smallest absolute Gasteiger partial charge is 0.408 e. The van der Waals surface area contributed by atoms with Crippen LogP contribution in [0.15, 0.2) is 18.2 Å². The number of carbonyl (C=O) groups excluding carboxylic acids is 1. The molecule has 1 amide bonds. The second-order valence-corrected chi connectivity index (χ2v) is 5.34. The van der Waals surface area contributed by atoms with Crippen LogP contribution in [0, 0.1) is 5.82 Å². The van der Waals surface area contributed by atoms with E-state index in [4.69, 9.17) is 9.47 Å².